The molecule has 3 heteroatoms. The molecule has 0 saturated carbocycles. The standard InChI is InChI=1S/C11H15NO2.C7H8/c1-3-8-12-11(13)9-6-4-5-7-10(9)14-2;1-7-5-3-2-4-6-7/h4-7H,3,8H2,1-2H3,(H,12,13);2-6H,1H3. The minimum absolute atomic E-state index is 0.0794. The Morgan fingerprint density at radius 1 is 1.05 bits per heavy atom. The van der Waals surface area contributed by atoms with Gasteiger partial charge in [-0.25, -0.2) is 0 Å². The molecule has 2 rings (SSSR count). The third-order valence-electron chi connectivity index (χ3n) is 2.83. The van der Waals surface area contributed by atoms with Crippen LogP contribution in [0.2, 0.25) is 0 Å². The Balaban J connectivity index is 0.000000262. The Morgan fingerprint density at radius 2 is 1.67 bits per heavy atom. The van der Waals surface area contributed by atoms with Crippen LogP contribution in [0.4, 0.5) is 0 Å². The van der Waals surface area contributed by atoms with Crippen molar-refractivity contribution in [3.05, 3.63) is 65.7 Å². The molecule has 112 valence electrons. The quantitative estimate of drug-likeness (QED) is 0.927. The van der Waals surface area contributed by atoms with Gasteiger partial charge in [0.05, 0.1) is 12.7 Å². The van der Waals surface area contributed by atoms with Crippen molar-refractivity contribution in [2.24, 2.45) is 0 Å². The summed E-state index contributed by atoms with van der Waals surface area (Å²) in [4.78, 5) is 11.6. The van der Waals surface area contributed by atoms with Crippen LogP contribution in [-0.2, 0) is 0 Å². The molecule has 3 nitrogen and oxygen atoms in total. The normalized spacial score (nSPS) is 9.29. The second kappa shape index (κ2) is 9.59. The van der Waals surface area contributed by atoms with Gasteiger partial charge in [-0.3, -0.25) is 4.79 Å². The first-order valence-electron chi connectivity index (χ1n) is 7.12. The number of benzene rings is 2. The predicted molar refractivity (Wildman–Crippen MR) is 86.8 cm³/mol. The summed E-state index contributed by atoms with van der Waals surface area (Å²) < 4.78 is 5.09. The molecule has 0 fully saturated rings. The monoisotopic (exact) mass is 285 g/mol. The fourth-order valence-electron chi connectivity index (χ4n) is 1.70. The van der Waals surface area contributed by atoms with Crippen LogP contribution in [0.3, 0.4) is 0 Å². The third kappa shape index (κ3) is 6.13. The van der Waals surface area contributed by atoms with Gasteiger partial charge in [-0.05, 0) is 25.5 Å². The Kier molecular flexibility index (Phi) is 7.65. The number of nitrogens with one attached hydrogen (secondary N) is 1. The minimum Gasteiger partial charge on any atom is -0.496 e. The van der Waals surface area contributed by atoms with Crippen LogP contribution in [0.25, 0.3) is 0 Å². The molecule has 0 radical (unpaired) electrons. The number of carbonyl (C=O) groups is 1. The number of methoxy groups -OCH3 is 1. The van der Waals surface area contributed by atoms with E-state index in [2.05, 4.69) is 24.4 Å². The maximum Gasteiger partial charge on any atom is 0.255 e. The zero-order valence-corrected chi connectivity index (χ0v) is 12.9. The largest absolute Gasteiger partial charge is 0.496 e. The molecule has 0 unspecified atom stereocenters. The zero-order chi connectivity index (χ0) is 15.5. The van der Waals surface area contributed by atoms with E-state index in [1.54, 1.807) is 19.2 Å². The molecule has 0 heterocycles. The molecule has 0 spiro atoms. The number of ether oxygens (including phenoxy) is 1. The summed E-state index contributed by atoms with van der Waals surface area (Å²) in [6.45, 7) is 4.79. The molecule has 0 bridgehead atoms. The van der Waals surface area contributed by atoms with Crippen LogP contribution in [0.15, 0.2) is 54.6 Å². The smallest absolute Gasteiger partial charge is 0.255 e. The molecule has 0 aliphatic rings. The average molecular weight is 285 g/mol. The van der Waals surface area contributed by atoms with E-state index in [9.17, 15) is 4.79 Å². The Morgan fingerprint density at radius 3 is 2.19 bits per heavy atom. The molecule has 0 aliphatic heterocycles. The lowest BCUT2D eigenvalue weighted by atomic mass is 10.2. The highest BCUT2D eigenvalue weighted by Gasteiger charge is 2.09. The molecule has 1 N–H and O–H groups in total. The summed E-state index contributed by atoms with van der Waals surface area (Å²) in [5.41, 5.74) is 1.91. The Hall–Kier alpha value is -2.29. The molecule has 2 aromatic carbocycles. The van der Waals surface area contributed by atoms with Gasteiger partial charge < -0.3 is 10.1 Å². The second-order valence-electron chi connectivity index (χ2n) is 4.61. The maximum absolute atomic E-state index is 11.6. The van der Waals surface area contributed by atoms with Gasteiger partial charge in [0.1, 0.15) is 5.75 Å². The molecule has 0 atom stereocenters. The first kappa shape index (κ1) is 16.8. The molecular weight excluding hydrogens is 262 g/mol. The lowest BCUT2D eigenvalue weighted by Gasteiger charge is -2.07. The molecular formula is C18H23NO2. The van der Waals surface area contributed by atoms with Crippen molar-refractivity contribution >= 4 is 5.91 Å². The van der Waals surface area contributed by atoms with Crippen LogP contribution < -0.4 is 10.1 Å². The number of carbonyl (C=O) groups excluding carboxylic acids is 1. The topological polar surface area (TPSA) is 38.3 Å². The van der Waals surface area contributed by atoms with Crippen molar-refractivity contribution in [3.8, 4) is 5.75 Å². The van der Waals surface area contributed by atoms with Crippen molar-refractivity contribution in [3.63, 3.8) is 0 Å². The average Bonchev–Trinajstić information content (AvgIpc) is 2.54. The van der Waals surface area contributed by atoms with Crippen molar-refractivity contribution in [2.45, 2.75) is 20.3 Å². The van der Waals surface area contributed by atoms with Crippen LogP contribution in [0.5, 0.6) is 5.75 Å². The Bertz CT molecular complexity index is 538. The molecule has 2 aromatic rings. The third-order valence-corrected chi connectivity index (χ3v) is 2.83. The number of rotatable bonds is 4. The van der Waals surface area contributed by atoms with Crippen molar-refractivity contribution in [1.29, 1.82) is 0 Å². The van der Waals surface area contributed by atoms with Crippen molar-refractivity contribution < 1.29 is 9.53 Å². The van der Waals surface area contributed by atoms with E-state index in [0.717, 1.165) is 6.42 Å². The van der Waals surface area contributed by atoms with Crippen LogP contribution in [-0.4, -0.2) is 19.6 Å². The van der Waals surface area contributed by atoms with Gasteiger partial charge in [-0.15, -0.1) is 0 Å². The molecule has 0 aliphatic carbocycles. The first-order chi connectivity index (χ1) is 10.2. The van der Waals surface area contributed by atoms with Gasteiger partial charge >= 0.3 is 0 Å². The van der Waals surface area contributed by atoms with E-state index in [-0.39, 0.29) is 5.91 Å². The van der Waals surface area contributed by atoms with Crippen LogP contribution >= 0.6 is 0 Å². The maximum atomic E-state index is 11.6. The van der Waals surface area contributed by atoms with Gasteiger partial charge in [-0.1, -0.05) is 55.0 Å². The number of hydrogen-bond acceptors (Lipinski definition) is 2. The highest BCUT2D eigenvalue weighted by atomic mass is 16.5. The second-order valence-corrected chi connectivity index (χ2v) is 4.61. The van der Waals surface area contributed by atoms with E-state index >= 15 is 0 Å². The number of para-hydroxylation sites is 1. The van der Waals surface area contributed by atoms with Gasteiger partial charge in [0, 0.05) is 6.54 Å². The fourth-order valence-corrected chi connectivity index (χ4v) is 1.70. The SMILES string of the molecule is CCCNC(=O)c1ccccc1OC.Cc1ccccc1. The highest BCUT2D eigenvalue weighted by Crippen LogP contribution is 2.16. The van der Waals surface area contributed by atoms with Gasteiger partial charge in [0.25, 0.3) is 5.91 Å². The van der Waals surface area contributed by atoms with Gasteiger partial charge in [0.2, 0.25) is 0 Å². The summed E-state index contributed by atoms with van der Waals surface area (Å²) in [5.74, 6) is 0.533. The first-order valence-corrected chi connectivity index (χ1v) is 7.12. The predicted octanol–water partition coefficient (Wildman–Crippen LogP) is 3.83. The Labute approximate surface area is 127 Å². The zero-order valence-electron chi connectivity index (χ0n) is 12.9. The number of aryl methyl sites for hydroxylation is 1. The summed E-state index contributed by atoms with van der Waals surface area (Å²) in [6.07, 6.45) is 0.931. The molecule has 0 aromatic heterocycles. The summed E-state index contributed by atoms with van der Waals surface area (Å²) in [6, 6.07) is 17.5. The number of hydrogen-bond donors (Lipinski definition) is 1. The lowest BCUT2D eigenvalue weighted by molar-refractivity contribution is 0.0950. The highest BCUT2D eigenvalue weighted by molar-refractivity contribution is 5.96. The van der Waals surface area contributed by atoms with Crippen LogP contribution in [0.1, 0.15) is 29.3 Å². The summed E-state index contributed by atoms with van der Waals surface area (Å²) in [7, 11) is 1.56. The van der Waals surface area contributed by atoms with Gasteiger partial charge in [-0.2, -0.15) is 0 Å². The summed E-state index contributed by atoms with van der Waals surface area (Å²) in [5, 5.41) is 2.80. The fraction of sp³-hybridized carbons (Fsp3) is 0.278. The van der Waals surface area contributed by atoms with E-state index in [1.807, 2.05) is 37.3 Å². The van der Waals surface area contributed by atoms with Crippen molar-refractivity contribution in [2.75, 3.05) is 13.7 Å². The molecule has 0 saturated heterocycles. The van der Waals surface area contributed by atoms with Crippen LogP contribution in [0, 0.1) is 6.92 Å². The summed E-state index contributed by atoms with van der Waals surface area (Å²) >= 11 is 0. The van der Waals surface area contributed by atoms with E-state index in [1.165, 1.54) is 5.56 Å². The van der Waals surface area contributed by atoms with Crippen molar-refractivity contribution in [1.82, 2.24) is 5.32 Å². The molecule has 21 heavy (non-hydrogen) atoms. The van der Waals surface area contributed by atoms with E-state index < -0.39 is 0 Å². The minimum atomic E-state index is -0.0794. The van der Waals surface area contributed by atoms with E-state index in [0.29, 0.717) is 17.9 Å². The lowest BCUT2D eigenvalue weighted by Crippen LogP contribution is -2.24. The van der Waals surface area contributed by atoms with Gasteiger partial charge in [0.15, 0.2) is 0 Å². The molecule has 1 amide bonds. The number of amides is 1. The van der Waals surface area contributed by atoms with E-state index in [4.69, 9.17) is 4.74 Å².